The van der Waals surface area contributed by atoms with E-state index in [9.17, 15) is 4.79 Å². The molecule has 1 aromatic carbocycles. The fourth-order valence-corrected chi connectivity index (χ4v) is 3.42. The van der Waals surface area contributed by atoms with Crippen LogP contribution < -0.4 is 0 Å². The van der Waals surface area contributed by atoms with Crippen molar-refractivity contribution in [3.63, 3.8) is 0 Å². The number of alkyl halides is 1. The quantitative estimate of drug-likeness (QED) is 0.682. The third-order valence-electron chi connectivity index (χ3n) is 4.33. The van der Waals surface area contributed by atoms with Gasteiger partial charge < -0.3 is 4.90 Å². The van der Waals surface area contributed by atoms with Crippen molar-refractivity contribution < 1.29 is 4.79 Å². The predicted molar refractivity (Wildman–Crippen MR) is 87.2 cm³/mol. The first kappa shape index (κ1) is 15.6. The van der Waals surface area contributed by atoms with Crippen molar-refractivity contribution in [2.24, 2.45) is 5.92 Å². The molecular formula is C17H24BrNO. The topological polar surface area (TPSA) is 20.3 Å². The first-order chi connectivity index (χ1) is 9.72. The first-order valence-corrected chi connectivity index (χ1v) is 8.76. The van der Waals surface area contributed by atoms with Crippen molar-refractivity contribution in [1.29, 1.82) is 0 Å². The third-order valence-corrected chi connectivity index (χ3v) is 4.68. The standard InChI is InChI=1S/C17H24BrNO/c1-3-14(4-2)19(11-10-18)17(20)16-12-15(16)13-8-6-5-7-9-13/h5-9,14-16H,3-4,10-12H2,1-2H3. The van der Waals surface area contributed by atoms with Gasteiger partial charge in [-0.1, -0.05) is 60.1 Å². The minimum Gasteiger partial charge on any atom is -0.339 e. The second-order valence-electron chi connectivity index (χ2n) is 5.55. The molecule has 110 valence electrons. The van der Waals surface area contributed by atoms with E-state index in [0.717, 1.165) is 31.1 Å². The van der Waals surface area contributed by atoms with Gasteiger partial charge in [0.2, 0.25) is 5.91 Å². The molecule has 1 saturated carbocycles. The van der Waals surface area contributed by atoms with Crippen molar-refractivity contribution in [1.82, 2.24) is 4.90 Å². The minimum absolute atomic E-state index is 0.206. The maximum atomic E-state index is 12.7. The Labute approximate surface area is 130 Å². The highest BCUT2D eigenvalue weighted by molar-refractivity contribution is 9.09. The van der Waals surface area contributed by atoms with Crippen molar-refractivity contribution >= 4 is 21.8 Å². The van der Waals surface area contributed by atoms with E-state index in [4.69, 9.17) is 0 Å². The lowest BCUT2D eigenvalue weighted by Crippen LogP contribution is -2.42. The molecule has 3 heteroatoms. The van der Waals surface area contributed by atoms with Crippen molar-refractivity contribution in [3.8, 4) is 0 Å². The van der Waals surface area contributed by atoms with Gasteiger partial charge in [0.15, 0.2) is 0 Å². The Morgan fingerprint density at radius 3 is 2.50 bits per heavy atom. The minimum atomic E-state index is 0.206. The number of amides is 1. The Kier molecular flexibility index (Phi) is 5.64. The number of halogens is 1. The van der Waals surface area contributed by atoms with Crippen LogP contribution in [-0.4, -0.2) is 28.7 Å². The molecule has 0 spiro atoms. The van der Waals surface area contributed by atoms with Gasteiger partial charge in [0.25, 0.3) is 0 Å². The van der Waals surface area contributed by atoms with Crippen LogP contribution in [0.4, 0.5) is 0 Å². The van der Waals surface area contributed by atoms with E-state index in [1.165, 1.54) is 5.56 Å². The normalized spacial score (nSPS) is 21.0. The van der Waals surface area contributed by atoms with Crippen molar-refractivity contribution in [2.45, 2.75) is 45.1 Å². The fourth-order valence-electron chi connectivity index (χ4n) is 3.04. The van der Waals surface area contributed by atoms with Crippen LogP contribution in [0.1, 0.15) is 44.6 Å². The molecule has 1 aliphatic rings. The Bertz CT molecular complexity index is 430. The molecule has 0 saturated heterocycles. The van der Waals surface area contributed by atoms with Gasteiger partial charge in [-0.25, -0.2) is 0 Å². The van der Waals surface area contributed by atoms with Crippen LogP contribution in [0.5, 0.6) is 0 Å². The van der Waals surface area contributed by atoms with E-state index in [1.54, 1.807) is 0 Å². The summed E-state index contributed by atoms with van der Waals surface area (Å²) >= 11 is 3.48. The van der Waals surface area contributed by atoms with E-state index >= 15 is 0 Å². The van der Waals surface area contributed by atoms with Gasteiger partial charge in [0, 0.05) is 23.8 Å². The van der Waals surface area contributed by atoms with Gasteiger partial charge >= 0.3 is 0 Å². The van der Waals surface area contributed by atoms with Gasteiger partial charge in [-0.15, -0.1) is 0 Å². The summed E-state index contributed by atoms with van der Waals surface area (Å²) in [6.07, 6.45) is 3.09. The maximum Gasteiger partial charge on any atom is 0.226 e. The van der Waals surface area contributed by atoms with Gasteiger partial charge in [-0.2, -0.15) is 0 Å². The molecule has 2 rings (SSSR count). The molecular weight excluding hydrogens is 314 g/mol. The molecule has 2 nitrogen and oxygen atoms in total. The van der Waals surface area contributed by atoms with Gasteiger partial charge in [-0.05, 0) is 30.7 Å². The zero-order valence-electron chi connectivity index (χ0n) is 12.4. The summed E-state index contributed by atoms with van der Waals surface area (Å²) in [5.74, 6) is 1.000. The molecule has 2 unspecified atom stereocenters. The fraction of sp³-hybridized carbons (Fsp3) is 0.588. The molecule has 0 radical (unpaired) electrons. The van der Waals surface area contributed by atoms with Crippen LogP contribution in [0.2, 0.25) is 0 Å². The highest BCUT2D eigenvalue weighted by Crippen LogP contribution is 2.48. The second kappa shape index (κ2) is 7.26. The molecule has 1 aromatic rings. The van der Waals surface area contributed by atoms with Crippen LogP contribution in [-0.2, 0) is 4.79 Å². The molecule has 1 amide bonds. The summed E-state index contributed by atoms with van der Waals surface area (Å²) in [5, 5.41) is 0.859. The molecule has 0 aromatic heterocycles. The molecule has 0 heterocycles. The second-order valence-corrected chi connectivity index (χ2v) is 6.34. The molecule has 0 aliphatic heterocycles. The smallest absolute Gasteiger partial charge is 0.226 e. The average Bonchev–Trinajstić information content (AvgIpc) is 3.28. The number of nitrogens with zero attached hydrogens (tertiary/aromatic N) is 1. The first-order valence-electron chi connectivity index (χ1n) is 7.64. The Hall–Kier alpha value is -0.830. The lowest BCUT2D eigenvalue weighted by atomic mass is 10.1. The van der Waals surface area contributed by atoms with Gasteiger partial charge in [0.05, 0.1) is 0 Å². The van der Waals surface area contributed by atoms with E-state index < -0.39 is 0 Å². The van der Waals surface area contributed by atoms with Crippen LogP contribution in [0.15, 0.2) is 30.3 Å². The number of hydrogen-bond donors (Lipinski definition) is 0. The molecule has 1 aliphatic carbocycles. The average molecular weight is 338 g/mol. The van der Waals surface area contributed by atoms with Gasteiger partial charge in [-0.3, -0.25) is 4.79 Å². The Morgan fingerprint density at radius 2 is 1.95 bits per heavy atom. The van der Waals surface area contributed by atoms with E-state index in [-0.39, 0.29) is 5.92 Å². The number of carbonyl (C=O) groups is 1. The summed E-state index contributed by atoms with van der Waals surface area (Å²) in [6, 6.07) is 10.8. The molecule has 0 bridgehead atoms. The zero-order chi connectivity index (χ0) is 14.5. The Balaban J connectivity index is 2.03. The molecule has 1 fully saturated rings. The monoisotopic (exact) mass is 337 g/mol. The van der Waals surface area contributed by atoms with E-state index in [0.29, 0.717) is 17.9 Å². The SMILES string of the molecule is CCC(CC)N(CCBr)C(=O)C1CC1c1ccccc1. The van der Waals surface area contributed by atoms with Crippen LogP contribution in [0.25, 0.3) is 0 Å². The molecule has 20 heavy (non-hydrogen) atoms. The largest absolute Gasteiger partial charge is 0.339 e. The molecule has 2 atom stereocenters. The summed E-state index contributed by atoms with van der Waals surface area (Å²) in [6.45, 7) is 5.16. The lowest BCUT2D eigenvalue weighted by Gasteiger charge is -2.30. The predicted octanol–water partition coefficient (Wildman–Crippen LogP) is 4.20. The highest BCUT2D eigenvalue weighted by atomic mass is 79.9. The third kappa shape index (κ3) is 3.43. The lowest BCUT2D eigenvalue weighted by molar-refractivity contribution is -0.134. The zero-order valence-corrected chi connectivity index (χ0v) is 14.0. The summed E-state index contributed by atoms with van der Waals surface area (Å²) < 4.78 is 0. The summed E-state index contributed by atoms with van der Waals surface area (Å²) in [7, 11) is 0. The number of carbonyl (C=O) groups excluding carboxylic acids is 1. The van der Waals surface area contributed by atoms with Crippen LogP contribution in [0, 0.1) is 5.92 Å². The maximum absolute atomic E-state index is 12.7. The number of benzene rings is 1. The van der Waals surface area contributed by atoms with Gasteiger partial charge in [0.1, 0.15) is 0 Å². The van der Waals surface area contributed by atoms with Crippen LogP contribution >= 0.6 is 15.9 Å². The number of hydrogen-bond acceptors (Lipinski definition) is 1. The van der Waals surface area contributed by atoms with E-state index in [1.807, 2.05) is 6.07 Å². The van der Waals surface area contributed by atoms with Crippen LogP contribution in [0.3, 0.4) is 0 Å². The van der Waals surface area contributed by atoms with E-state index in [2.05, 4.69) is 58.9 Å². The highest BCUT2D eigenvalue weighted by Gasteiger charge is 2.46. The van der Waals surface area contributed by atoms with Crippen molar-refractivity contribution in [2.75, 3.05) is 11.9 Å². The van der Waals surface area contributed by atoms with Crippen molar-refractivity contribution in [3.05, 3.63) is 35.9 Å². The number of rotatable bonds is 7. The Morgan fingerprint density at radius 1 is 1.30 bits per heavy atom. The molecule has 0 N–H and O–H groups in total. The summed E-state index contributed by atoms with van der Waals surface area (Å²) in [4.78, 5) is 14.8. The summed E-state index contributed by atoms with van der Waals surface area (Å²) in [5.41, 5.74) is 1.31.